The SMILES string of the molecule is CC1(C)c2ccccc2-c2ccc(N(c3ccccc3-c3ccccc3)c3ccc4c5c3c3ccccc3n5-c3ccccc3C43[C@H]4C[C@H]5C[C@H](C[C@H]3C5)C4)cc21. The largest absolute Gasteiger partial charge is 0.309 e. The van der Waals surface area contributed by atoms with Crippen LogP contribution in [0.3, 0.4) is 0 Å². The zero-order chi connectivity index (χ0) is 37.6. The predicted molar refractivity (Wildman–Crippen MR) is 236 cm³/mol. The summed E-state index contributed by atoms with van der Waals surface area (Å²) in [5.41, 5.74) is 18.8. The summed E-state index contributed by atoms with van der Waals surface area (Å²) in [5, 5.41) is 2.70. The maximum Gasteiger partial charge on any atom is 0.0603 e. The predicted octanol–water partition coefficient (Wildman–Crippen LogP) is 14.3. The third kappa shape index (κ3) is 4.11. The first kappa shape index (κ1) is 32.2. The summed E-state index contributed by atoms with van der Waals surface area (Å²) in [7, 11) is 0. The van der Waals surface area contributed by atoms with E-state index >= 15 is 0 Å². The molecule has 14 rings (SSSR count). The standard InChI is InChI=1S/C55H46N2/c1-54(2)44-19-9-6-17-41(44)42-25-24-39(33-47(42)54)56(48-21-11-7-16-40(48)36-14-4-3-5-15-36)51-27-26-46-53-52(51)43-18-8-12-22-49(43)57(53)50-23-13-10-20-45(50)55(46)37-29-34-28-35(31-37)32-38(55)30-34/h3-27,33-35,37-38H,28-32H2,1-2H3/t34-,35+,37+,38-,55?. The highest BCUT2D eigenvalue weighted by Crippen LogP contribution is 2.68. The third-order valence-corrected chi connectivity index (χ3v) is 15.6. The lowest BCUT2D eigenvalue weighted by Gasteiger charge is -2.63. The number of para-hydroxylation sites is 3. The van der Waals surface area contributed by atoms with E-state index in [1.807, 2.05) is 0 Å². The smallest absolute Gasteiger partial charge is 0.0603 e. The minimum absolute atomic E-state index is 0.0430. The Labute approximate surface area is 335 Å². The molecule has 0 unspecified atom stereocenters. The molecule has 1 aliphatic heterocycles. The molecule has 0 saturated heterocycles. The van der Waals surface area contributed by atoms with Crippen molar-refractivity contribution in [2.24, 2.45) is 23.7 Å². The number of benzene rings is 7. The second-order valence-corrected chi connectivity index (χ2v) is 18.5. The van der Waals surface area contributed by atoms with E-state index in [1.54, 1.807) is 11.1 Å². The summed E-state index contributed by atoms with van der Waals surface area (Å²) in [5.74, 6) is 3.17. The molecule has 5 aliphatic carbocycles. The highest BCUT2D eigenvalue weighted by Gasteiger charge is 2.61. The molecule has 276 valence electrons. The Bertz CT molecular complexity index is 2930. The molecular weight excluding hydrogens is 689 g/mol. The van der Waals surface area contributed by atoms with E-state index in [9.17, 15) is 0 Å². The van der Waals surface area contributed by atoms with Crippen LogP contribution in [0, 0.1) is 23.7 Å². The molecule has 0 N–H and O–H groups in total. The second-order valence-electron chi connectivity index (χ2n) is 18.5. The zero-order valence-corrected chi connectivity index (χ0v) is 32.8. The van der Waals surface area contributed by atoms with E-state index in [-0.39, 0.29) is 10.8 Å². The van der Waals surface area contributed by atoms with Gasteiger partial charge in [0.2, 0.25) is 0 Å². The molecule has 6 aliphatic rings. The Morgan fingerprint density at radius 2 is 1.16 bits per heavy atom. The first-order chi connectivity index (χ1) is 28.0. The van der Waals surface area contributed by atoms with Crippen LogP contribution >= 0.6 is 0 Å². The fraction of sp³-hybridized carbons (Fsp3) is 0.236. The number of fused-ring (bicyclic) bond motifs is 8. The van der Waals surface area contributed by atoms with Crippen molar-refractivity contribution in [3.63, 3.8) is 0 Å². The first-order valence-corrected chi connectivity index (χ1v) is 21.4. The van der Waals surface area contributed by atoms with Gasteiger partial charge in [0.15, 0.2) is 0 Å². The molecule has 2 heteroatoms. The van der Waals surface area contributed by atoms with E-state index in [4.69, 9.17) is 0 Å². The van der Waals surface area contributed by atoms with Crippen molar-refractivity contribution in [2.45, 2.75) is 56.8 Å². The van der Waals surface area contributed by atoms with Crippen molar-refractivity contribution in [1.29, 1.82) is 0 Å². The van der Waals surface area contributed by atoms with Crippen LogP contribution in [-0.2, 0) is 10.8 Å². The topological polar surface area (TPSA) is 8.17 Å². The Morgan fingerprint density at radius 3 is 1.96 bits per heavy atom. The Balaban J connectivity index is 1.14. The molecule has 4 bridgehead atoms. The number of rotatable bonds is 4. The van der Waals surface area contributed by atoms with E-state index < -0.39 is 0 Å². The second kappa shape index (κ2) is 11.4. The minimum Gasteiger partial charge on any atom is -0.309 e. The average Bonchev–Trinajstić information content (AvgIpc) is 3.71. The summed E-state index contributed by atoms with van der Waals surface area (Å²) in [4.78, 5) is 2.61. The maximum absolute atomic E-state index is 2.67. The van der Waals surface area contributed by atoms with Crippen LogP contribution in [0.1, 0.15) is 68.2 Å². The van der Waals surface area contributed by atoms with E-state index in [1.165, 1.54) is 110 Å². The van der Waals surface area contributed by atoms with Crippen molar-refractivity contribution < 1.29 is 0 Å². The first-order valence-electron chi connectivity index (χ1n) is 21.4. The van der Waals surface area contributed by atoms with Crippen LogP contribution in [0.25, 0.3) is 49.7 Å². The molecule has 1 aromatic heterocycles. The van der Waals surface area contributed by atoms with Crippen molar-refractivity contribution in [3.8, 4) is 27.9 Å². The molecule has 8 aromatic rings. The summed E-state index contributed by atoms with van der Waals surface area (Å²) in [6, 6.07) is 60.3. The van der Waals surface area contributed by atoms with E-state index in [2.05, 4.69) is 181 Å². The number of hydrogen-bond acceptors (Lipinski definition) is 1. The normalized spacial score (nSPS) is 24.2. The number of anilines is 3. The van der Waals surface area contributed by atoms with Gasteiger partial charge in [-0.2, -0.15) is 0 Å². The van der Waals surface area contributed by atoms with Gasteiger partial charge in [0.05, 0.1) is 28.1 Å². The monoisotopic (exact) mass is 734 g/mol. The molecule has 57 heavy (non-hydrogen) atoms. The highest BCUT2D eigenvalue weighted by atomic mass is 15.2. The van der Waals surface area contributed by atoms with Gasteiger partial charge >= 0.3 is 0 Å². The Kier molecular flexibility index (Phi) is 6.44. The van der Waals surface area contributed by atoms with Crippen molar-refractivity contribution >= 4 is 38.9 Å². The Morgan fingerprint density at radius 1 is 0.509 bits per heavy atom. The lowest BCUT2D eigenvalue weighted by Crippen LogP contribution is -2.57. The van der Waals surface area contributed by atoms with Gasteiger partial charge in [0.1, 0.15) is 0 Å². The maximum atomic E-state index is 2.67. The molecule has 0 atom stereocenters. The zero-order valence-electron chi connectivity index (χ0n) is 32.8. The summed E-state index contributed by atoms with van der Waals surface area (Å²) < 4.78 is 2.67. The van der Waals surface area contributed by atoms with Crippen LogP contribution in [0.15, 0.2) is 158 Å². The molecule has 4 fully saturated rings. The fourth-order valence-corrected chi connectivity index (χ4v) is 13.6. The van der Waals surface area contributed by atoms with Crippen LogP contribution in [-0.4, -0.2) is 4.57 Å². The van der Waals surface area contributed by atoms with Crippen LogP contribution in [0.5, 0.6) is 0 Å². The molecular formula is C55H46N2. The summed E-state index contributed by atoms with van der Waals surface area (Å²) >= 11 is 0. The van der Waals surface area contributed by atoms with Gasteiger partial charge in [0.25, 0.3) is 0 Å². The van der Waals surface area contributed by atoms with Crippen molar-refractivity contribution in [3.05, 3.63) is 180 Å². The minimum atomic E-state index is -0.113. The molecule has 0 radical (unpaired) electrons. The Hall–Kier alpha value is -5.86. The average molecular weight is 735 g/mol. The van der Waals surface area contributed by atoms with Crippen LogP contribution in [0.4, 0.5) is 17.1 Å². The number of nitrogens with zero attached hydrogens (tertiary/aromatic N) is 2. The molecule has 2 heterocycles. The van der Waals surface area contributed by atoms with E-state index in [0.29, 0.717) is 11.8 Å². The van der Waals surface area contributed by atoms with Crippen molar-refractivity contribution in [2.75, 3.05) is 4.90 Å². The van der Waals surface area contributed by atoms with Crippen LogP contribution < -0.4 is 4.90 Å². The van der Waals surface area contributed by atoms with Gasteiger partial charge in [-0.3, -0.25) is 0 Å². The molecule has 2 nitrogen and oxygen atoms in total. The van der Waals surface area contributed by atoms with E-state index in [0.717, 1.165) is 11.8 Å². The van der Waals surface area contributed by atoms with Crippen molar-refractivity contribution in [1.82, 2.24) is 4.57 Å². The number of aromatic nitrogens is 1. The highest BCUT2D eigenvalue weighted by molar-refractivity contribution is 6.19. The summed E-state index contributed by atoms with van der Waals surface area (Å²) in [6.07, 6.45) is 6.94. The van der Waals surface area contributed by atoms with Gasteiger partial charge in [-0.1, -0.05) is 135 Å². The summed E-state index contributed by atoms with van der Waals surface area (Å²) in [6.45, 7) is 4.80. The molecule has 4 saturated carbocycles. The third-order valence-electron chi connectivity index (χ3n) is 15.6. The van der Waals surface area contributed by atoms with Gasteiger partial charge < -0.3 is 9.47 Å². The van der Waals surface area contributed by atoms with Gasteiger partial charge in [-0.05, 0) is 131 Å². The quantitative estimate of drug-likeness (QED) is 0.175. The molecule has 7 aromatic carbocycles. The fourth-order valence-electron chi connectivity index (χ4n) is 13.6. The number of hydrogen-bond donors (Lipinski definition) is 0. The van der Waals surface area contributed by atoms with Gasteiger partial charge in [-0.15, -0.1) is 0 Å². The molecule has 1 spiro atoms. The lowest BCUT2D eigenvalue weighted by molar-refractivity contribution is -0.0418. The van der Waals surface area contributed by atoms with Crippen LogP contribution in [0.2, 0.25) is 0 Å². The lowest BCUT2D eigenvalue weighted by atomic mass is 9.41. The van der Waals surface area contributed by atoms with Gasteiger partial charge in [-0.25, -0.2) is 0 Å². The van der Waals surface area contributed by atoms with Gasteiger partial charge in [0, 0.05) is 32.9 Å². The molecule has 0 amide bonds.